The summed E-state index contributed by atoms with van der Waals surface area (Å²) in [4.78, 5) is 15.7. The van der Waals surface area contributed by atoms with Crippen molar-refractivity contribution in [1.82, 2.24) is 4.98 Å². The molecular formula is C20H21F5N2O6S. The summed E-state index contributed by atoms with van der Waals surface area (Å²) < 4.78 is 109. The molecule has 0 aliphatic carbocycles. The predicted octanol–water partition coefficient (Wildman–Crippen LogP) is 3.51. The molecule has 14 heteroatoms. The quantitative estimate of drug-likeness (QED) is 0.258. The topological polar surface area (TPSA) is 95.0 Å². The van der Waals surface area contributed by atoms with Gasteiger partial charge in [0.15, 0.2) is 5.69 Å². The first-order valence-electron chi connectivity index (χ1n) is 9.55. The van der Waals surface area contributed by atoms with Gasteiger partial charge in [-0.25, -0.2) is 27.0 Å². The number of carbonyl (C=O) groups excluding carboxylic acids is 1. The van der Waals surface area contributed by atoms with E-state index in [-0.39, 0.29) is 17.5 Å². The van der Waals surface area contributed by atoms with E-state index in [1.54, 1.807) is 0 Å². The van der Waals surface area contributed by atoms with Gasteiger partial charge in [-0.15, -0.1) is 0 Å². The van der Waals surface area contributed by atoms with Gasteiger partial charge in [0.05, 0.1) is 31.7 Å². The van der Waals surface area contributed by atoms with Crippen LogP contribution in [-0.2, 0) is 31.4 Å². The molecular weight excluding hydrogens is 491 g/mol. The van der Waals surface area contributed by atoms with E-state index in [0.717, 1.165) is 37.6 Å². The van der Waals surface area contributed by atoms with Gasteiger partial charge in [-0.1, -0.05) is 12.1 Å². The molecule has 2 aromatic rings. The Morgan fingerprint density at radius 3 is 2.41 bits per heavy atom. The molecule has 0 spiro atoms. The van der Waals surface area contributed by atoms with Gasteiger partial charge < -0.3 is 14.2 Å². The van der Waals surface area contributed by atoms with Crippen molar-refractivity contribution in [2.75, 3.05) is 38.3 Å². The Hall–Kier alpha value is -3.00. The number of halogens is 5. The van der Waals surface area contributed by atoms with Crippen molar-refractivity contribution in [2.24, 2.45) is 0 Å². The Morgan fingerprint density at radius 2 is 1.82 bits per heavy atom. The van der Waals surface area contributed by atoms with Gasteiger partial charge in [0.2, 0.25) is 10.0 Å². The van der Waals surface area contributed by atoms with E-state index in [0.29, 0.717) is 0 Å². The van der Waals surface area contributed by atoms with Crippen LogP contribution in [0.4, 0.5) is 27.6 Å². The monoisotopic (exact) mass is 512 g/mol. The van der Waals surface area contributed by atoms with Crippen LogP contribution in [-0.4, -0.2) is 59.8 Å². The van der Waals surface area contributed by atoms with Gasteiger partial charge in [-0.05, 0) is 23.8 Å². The third-order valence-corrected chi connectivity index (χ3v) is 6.05. The smallest absolute Gasteiger partial charge is 0.420 e. The normalized spacial score (nSPS) is 12.0. The third kappa shape index (κ3) is 6.76. The van der Waals surface area contributed by atoms with Gasteiger partial charge >= 0.3 is 12.1 Å². The number of carbonyl (C=O) groups is 1. The lowest BCUT2D eigenvalue weighted by Crippen LogP contribution is -2.37. The summed E-state index contributed by atoms with van der Waals surface area (Å²) in [6.07, 6.45) is -7.13. The lowest BCUT2D eigenvalue weighted by Gasteiger charge is -2.26. The number of esters is 1. The Labute approximate surface area is 192 Å². The Bertz CT molecular complexity index is 1100. The highest BCUT2D eigenvalue weighted by Crippen LogP contribution is 2.40. The summed E-state index contributed by atoms with van der Waals surface area (Å²) in [6.45, 7) is -1.70. The minimum atomic E-state index is -5.02. The molecule has 0 aliphatic heterocycles. The van der Waals surface area contributed by atoms with E-state index in [2.05, 4.69) is 9.72 Å². The molecule has 8 nitrogen and oxygen atoms in total. The summed E-state index contributed by atoms with van der Waals surface area (Å²) >= 11 is 0. The Morgan fingerprint density at radius 1 is 1.12 bits per heavy atom. The molecule has 0 atom stereocenters. The van der Waals surface area contributed by atoms with Crippen LogP contribution in [0.3, 0.4) is 0 Å². The number of alkyl halides is 5. The number of ether oxygens (including phenoxy) is 3. The van der Waals surface area contributed by atoms with Crippen LogP contribution < -0.4 is 9.04 Å². The fourth-order valence-electron chi connectivity index (χ4n) is 2.99. The van der Waals surface area contributed by atoms with Crippen LogP contribution in [0, 0.1) is 0 Å². The summed E-state index contributed by atoms with van der Waals surface area (Å²) in [5, 5.41) is 0. The number of hydrogen-bond donors (Lipinski definition) is 0. The number of nitrogens with zero attached hydrogens (tertiary/aromatic N) is 2. The van der Waals surface area contributed by atoms with Gasteiger partial charge in [-0.2, -0.15) is 13.2 Å². The molecule has 0 bridgehead atoms. The molecule has 0 unspecified atom stereocenters. The zero-order valence-corrected chi connectivity index (χ0v) is 18.8. The molecule has 0 fully saturated rings. The number of hydrogen-bond acceptors (Lipinski definition) is 7. The first-order valence-corrected chi connectivity index (χ1v) is 11.2. The molecule has 1 aromatic heterocycles. The van der Waals surface area contributed by atoms with Gasteiger partial charge in [0.1, 0.15) is 17.9 Å². The second kappa shape index (κ2) is 11.4. The maximum absolute atomic E-state index is 13.8. The van der Waals surface area contributed by atoms with Crippen molar-refractivity contribution >= 4 is 21.7 Å². The maximum atomic E-state index is 13.8. The number of benzene rings is 1. The molecule has 188 valence electrons. The SMILES string of the molecule is COCCOc1cccc(CS(=O)(=O)N(CC(F)F)c2cccnc2C(=O)OC)c1C(F)(F)F. The molecule has 0 radical (unpaired) electrons. The third-order valence-electron chi connectivity index (χ3n) is 4.35. The van der Waals surface area contributed by atoms with Crippen molar-refractivity contribution in [3.05, 3.63) is 53.3 Å². The molecule has 34 heavy (non-hydrogen) atoms. The van der Waals surface area contributed by atoms with Crippen LogP contribution in [0.1, 0.15) is 21.6 Å². The van der Waals surface area contributed by atoms with Gasteiger partial charge in [0.25, 0.3) is 6.43 Å². The molecule has 0 aliphatic rings. The second-order valence-corrected chi connectivity index (χ2v) is 8.56. The second-order valence-electron chi connectivity index (χ2n) is 6.67. The van der Waals surface area contributed by atoms with Crippen LogP contribution in [0.2, 0.25) is 0 Å². The van der Waals surface area contributed by atoms with E-state index in [1.165, 1.54) is 13.2 Å². The highest BCUT2D eigenvalue weighted by atomic mass is 32.2. The zero-order chi connectivity index (χ0) is 25.5. The Kier molecular flexibility index (Phi) is 9.15. The number of pyridine rings is 1. The lowest BCUT2D eigenvalue weighted by atomic mass is 10.1. The van der Waals surface area contributed by atoms with E-state index >= 15 is 0 Å². The van der Waals surface area contributed by atoms with Crippen molar-refractivity contribution in [2.45, 2.75) is 18.4 Å². The van der Waals surface area contributed by atoms with E-state index in [9.17, 15) is 35.2 Å². The highest BCUT2D eigenvalue weighted by Gasteiger charge is 2.39. The van der Waals surface area contributed by atoms with Crippen molar-refractivity contribution < 1.29 is 49.4 Å². The summed E-state index contributed by atoms with van der Waals surface area (Å²) in [5.41, 5.74) is -3.26. The summed E-state index contributed by atoms with van der Waals surface area (Å²) in [7, 11) is -2.60. The number of rotatable bonds is 11. The van der Waals surface area contributed by atoms with E-state index in [1.807, 2.05) is 0 Å². The van der Waals surface area contributed by atoms with Crippen LogP contribution >= 0.6 is 0 Å². The molecule has 0 amide bonds. The average Bonchev–Trinajstić information content (AvgIpc) is 2.76. The first-order chi connectivity index (χ1) is 15.9. The maximum Gasteiger partial charge on any atom is 0.420 e. The van der Waals surface area contributed by atoms with Crippen molar-refractivity contribution in [3.8, 4) is 5.75 Å². The van der Waals surface area contributed by atoms with Gasteiger partial charge in [-0.3, -0.25) is 4.31 Å². The minimum Gasteiger partial charge on any atom is -0.491 e. The zero-order valence-electron chi connectivity index (χ0n) is 18.0. The minimum absolute atomic E-state index is 0.0285. The Balaban J connectivity index is 2.58. The fraction of sp³-hybridized carbons (Fsp3) is 0.400. The molecule has 0 saturated carbocycles. The molecule has 1 aromatic carbocycles. The van der Waals surface area contributed by atoms with Crippen LogP contribution in [0.15, 0.2) is 36.5 Å². The molecule has 1 heterocycles. The number of anilines is 1. The van der Waals surface area contributed by atoms with Crippen molar-refractivity contribution in [3.63, 3.8) is 0 Å². The lowest BCUT2D eigenvalue weighted by molar-refractivity contribution is -0.139. The number of aromatic nitrogens is 1. The molecule has 2 rings (SSSR count). The predicted molar refractivity (Wildman–Crippen MR) is 110 cm³/mol. The van der Waals surface area contributed by atoms with Crippen LogP contribution in [0.5, 0.6) is 5.75 Å². The summed E-state index contributed by atoms with van der Waals surface area (Å²) in [6, 6.07) is 5.25. The van der Waals surface area contributed by atoms with Crippen molar-refractivity contribution in [1.29, 1.82) is 0 Å². The molecule has 0 N–H and O–H groups in total. The largest absolute Gasteiger partial charge is 0.491 e. The fourth-order valence-corrected chi connectivity index (χ4v) is 4.56. The van der Waals surface area contributed by atoms with Gasteiger partial charge in [0, 0.05) is 13.3 Å². The molecule has 0 saturated heterocycles. The summed E-state index contributed by atoms with van der Waals surface area (Å²) in [5.74, 6) is -3.07. The highest BCUT2D eigenvalue weighted by molar-refractivity contribution is 7.92. The van der Waals surface area contributed by atoms with E-state index in [4.69, 9.17) is 9.47 Å². The number of sulfonamides is 1. The van der Waals surface area contributed by atoms with E-state index < -0.39 is 69.1 Å². The standard InChI is InChI=1S/C20H21F5N2O6S/c1-31-9-10-33-15-7-3-5-13(17(15)20(23,24)25)12-34(29,30)27(11-16(21)22)14-6-4-8-26-18(14)19(28)32-2/h3-8,16H,9-12H2,1-2H3. The first kappa shape index (κ1) is 27.2. The average molecular weight is 512 g/mol. The van der Waals surface area contributed by atoms with Crippen LogP contribution in [0.25, 0.3) is 0 Å². The number of methoxy groups -OCH3 is 2.